The summed E-state index contributed by atoms with van der Waals surface area (Å²) in [7, 11) is 0. The van der Waals surface area contributed by atoms with Gasteiger partial charge in [-0.1, -0.05) is 38.4 Å². The predicted molar refractivity (Wildman–Crippen MR) is 85.7 cm³/mol. The number of aliphatic hydroxyl groups excluding tert-OH is 1. The fourth-order valence-corrected chi connectivity index (χ4v) is 3.10. The summed E-state index contributed by atoms with van der Waals surface area (Å²) < 4.78 is 14.8. The highest BCUT2D eigenvalue weighted by Crippen LogP contribution is 2.38. The van der Waals surface area contributed by atoms with Crippen molar-refractivity contribution in [1.29, 1.82) is 0 Å². The zero-order valence-corrected chi connectivity index (χ0v) is 14.7. The second-order valence-electron chi connectivity index (χ2n) is 5.05. The first-order chi connectivity index (χ1) is 9.33. The fourth-order valence-electron chi connectivity index (χ4n) is 2.62. The van der Waals surface area contributed by atoms with Gasteiger partial charge in [0.15, 0.2) is 0 Å². The van der Waals surface area contributed by atoms with Crippen LogP contribution >= 0.6 is 27.5 Å². The molecule has 0 amide bonds. The van der Waals surface area contributed by atoms with Crippen LogP contribution in [0.4, 0.5) is 4.39 Å². The van der Waals surface area contributed by atoms with Gasteiger partial charge < -0.3 is 5.11 Å². The van der Waals surface area contributed by atoms with E-state index in [9.17, 15) is 9.50 Å². The van der Waals surface area contributed by atoms with E-state index in [1.807, 2.05) is 27.7 Å². The molecular formula is C15H22BrClFNO. The molecular weight excluding hydrogens is 345 g/mol. The van der Waals surface area contributed by atoms with E-state index in [0.717, 1.165) is 13.1 Å². The highest BCUT2D eigenvalue weighted by Gasteiger charge is 2.38. The molecule has 0 aromatic heterocycles. The Morgan fingerprint density at radius 2 is 1.90 bits per heavy atom. The van der Waals surface area contributed by atoms with E-state index in [4.69, 9.17) is 11.6 Å². The van der Waals surface area contributed by atoms with Gasteiger partial charge in [-0.3, -0.25) is 4.90 Å². The molecule has 0 spiro atoms. The first-order valence-electron chi connectivity index (χ1n) is 6.89. The van der Waals surface area contributed by atoms with Gasteiger partial charge in [-0.05, 0) is 48.4 Å². The van der Waals surface area contributed by atoms with Crippen molar-refractivity contribution in [2.45, 2.75) is 45.8 Å². The molecule has 2 unspecified atom stereocenters. The lowest BCUT2D eigenvalue weighted by Crippen LogP contribution is -2.50. The molecule has 1 aromatic rings. The minimum absolute atomic E-state index is 0.0135. The molecule has 0 aliphatic rings. The van der Waals surface area contributed by atoms with Gasteiger partial charge in [0.25, 0.3) is 0 Å². The molecule has 5 heteroatoms. The molecule has 0 saturated heterocycles. The van der Waals surface area contributed by atoms with E-state index in [-0.39, 0.29) is 10.6 Å². The number of aliphatic hydroxyl groups is 1. The van der Waals surface area contributed by atoms with Crippen LogP contribution in [0.25, 0.3) is 0 Å². The van der Waals surface area contributed by atoms with Crippen LogP contribution in [0.3, 0.4) is 0 Å². The summed E-state index contributed by atoms with van der Waals surface area (Å²) in [6.07, 6.45) is -0.221. The van der Waals surface area contributed by atoms with Gasteiger partial charge in [-0.15, -0.1) is 0 Å². The van der Waals surface area contributed by atoms with Crippen molar-refractivity contribution in [2.75, 3.05) is 13.1 Å². The van der Waals surface area contributed by atoms with Gasteiger partial charge in [0.1, 0.15) is 5.82 Å². The maximum Gasteiger partial charge on any atom is 0.148 e. The lowest BCUT2D eigenvalue weighted by atomic mass is 9.85. The predicted octanol–water partition coefficient (Wildman–Crippen LogP) is 4.79. The number of hydrogen-bond donors (Lipinski definition) is 1. The van der Waals surface area contributed by atoms with Crippen LogP contribution in [-0.2, 0) is 0 Å². The molecule has 0 aliphatic carbocycles. The molecule has 0 aliphatic heterocycles. The molecule has 0 radical (unpaired) electrons. The van der Waals surface area contributed by atoms with Crippen LogP contribution in [0.15, 0.2) is 16.6 Å². The zero-order chi connectivity index (χ0) is 15.5. The number of benzene rings is 1. The summed E-state index contributed by atoms with van der Waals surface area (Å²) in [4.78, 5) is 2.15. The molecule has 2 nitrogen and oxygen atoms in total. The van der Waals surface area contributed by atoms with Crippen LogP contribution in [0.2, 0.25) is 5.02 Å². The summed E-state index contributed by atoms with van der Waals surface area (Å²) in [6.45, 7) is 9.62. The molecule has 1 rings (SSSR count). The summed E-state index contributed by atoms with van der Waals surface area (Å²) >= 11 is 9.11. The van der Waals surface area contributed by atoms with Crippen molar-refractivity contribution in [3.8, 4) is 0 Å². The van der Waals surface area contributed by atoms with E-state index in [0.29, 0.717) is 10.9 Å². The Morgan fingerprint density at radius 1 is 1.35 bits per heavy atom. The second-order valence-corrected chi connectivity index (χ2v) is 6.28. The van der Waals surface area contributed by atoms with Gasteiger partial charge in [-0.2, -0.15) is 0 Å². The molecule has 114 valence electrons. The first kappa shape index (κ1) is 17.9. The highest BCUT2D eigenvalue weighted by atomic mass is 79.9. The van der Waals surface area contributed by atoms with E-state index >= 15 is 0 Å². The standard InChI is InChI=1S/C15H22BrClFNO/c1-5-15(4,19(6-2)7-3)14(20)10-8-9-11(16)12(17)13(10)18/h8-9,14,20H,5-7H2,1-4H3. The average molecular weight is 367 g/mol. The Kier molecular flexibility index (Phi) is 6.45. The van der Waals surface area contributed by atoms with Crippen LogP contribution in [0.1, 0.15) is 45.8 Å². The number of rotatable bonds is 6. The molecule has 1 N–H and O–H groups in total. The van der Waals surface area contributed by atoms with Gasteiger partial charge in [0.2, 0.25) is 0 Å². The number of hydrogen-bond acceptors (Lipinski definition) is 2. The molecule has 0 bridgehead atoms. The summed E-state index contributed by atoms with van der Waals surface area (Å²) in [5.74, 6) is -0.555. The lowest BCUT2D eigenvalue weighted by Gasteiger charge is -2.43. The highest BCUT2D eigenvalue weighted by molar-refractivity contribution is 9.10. The smallest absolute Gasteiger partial charge is 0.148 e. The SMILES string of the molecule is CCN(CC)C(C)(CC)C(O)c1ccc(Br)c(Cl)c1F. The van der Waals surface area contributed by atoms with E-state index < -0.39 is 17.5 Å². The Bertz CT molecular complexity index is 467. The van der Waals surface area contributed by atoms with Crippen LogP contribution < -0.4 is 0 Å². The molecule has 1 aromatic carbocycles. The minimum atomic E-state index is -0.932. The number of halogens is 3. The van der Waals surface area contributed by atoms with Crippen LogP contribution in [0.5, 0.6) is 0 Å². The van der Waals surface area contributed by atoms with E-state index in [1.54, 1.807) is 12.1 Å². The van der Waals surface area contributed by atoms with Gasteiger partial charge in [0.05, 0.1) is 11.1 Å². The molecule has 0 heterocycles. The summed E-state index contributed by atoms with van der Waals surface area (Å²) in [5.41, 5.74) is -0.281. The minimum Gasteiger partial charge on any atom is -0.386 e. The largest absolute Gasteiger partial charge is 0.386 e. The van der Waals surface area contributed by atoms with Crippen LogP contribution in [0, 0.1) is 5.82 Å². The Morgan fingerprint density at radius 3 is 2.35 bits per heavy atom. The van der Waals surface area contributed by atoms with E-state index in [1.165, 1.54) is 0 Å². The lowest BCUT2D eigenvalue weighted by molar-refractivity contribution is -0.0230. The maximum absolute atomic E-state index is 14.3. The Labute approximate surface area is 134 Å². The maximum atomic E-state index is 14.3. The quantitative estimate of drug-likeness (QED) is 0.732. The number of nitrogens with zero attached hydrogens (tertiary/aromatic N) is 1. The van der Waals surface area contributed by atoms with E-state index in [2.05, 4.69) is 20.8 Å². The third-order valence-electron chi connectivity index (χ3n) is 4.15. The van der Waals surface area contributed by atoms with Crippen molar-refractivity contribution in [1.82, 2.24) is 4.90 Å². The van der Waals surface area contributed by atoms with Gasteiger partial charge >= 0.3 is 0 Å². The van der Waals surface area contributed by atoms with Crippen molar-refractivity contribution in [3.05, 3.63) is 33.0 Å². The number of likely N-dealkylation sites (N-methyl/N-ethyl adjacent to an activating group) is 1. The molecule has 0 saturated carbocycles. The van der Waals surface area contributed by atoms with Gasteiger partial charge in [-0.25, -0.2) is 4.39 Å². The van der Waals surface area contributed by atoms with Crippen molar-refractivity contribution in [2.24, 2.45) is 0 Å². The van der Waals surface area contributed by atoms with Crippen molar-refractivity contribution < 1.29 is 9.50 Å². The zero-order valence-electron chi connectivity index (χ0n) is 12.4. The molecule has 0 fully saturated rings. The Balaban J connectivity index is 3.27. The van der Waals surface area contributed by atoms with Gasteiger partial charge in [0, 0.05) is 15.6 Å². The van der Waals surface area contributed by atoms with Crippen LogP contribution in [-0.4, -0.2) is 28.6 Å². The molecule has 20 heavy (non-hydrogen) atoms. The van der Waals surface area contributed by atoms with Crippen molar-refractivity contribution >= 4 is 27.5 Å². The molecule has 2 atom stereocenters. The topological polar surface area (TPSA) is 23.5 Å². The monoisotopic (exact) mass is 365 g/mol. The summed E-state index contributed by atoms with van der Waals surface area (Å²) in [6, 6.07) is 3.26. The fraction of sp³-hybridized carbons (Fsp3) is 0.600. The Hall–Kier alpha value is -0.160. The average Bonchev–Trinajstić information content (AvgIpc) is 2.45. The van der Waals surface area contributed by atoms with Crippen molar-refractivity contribution in [3.63, 3.8) is 0 Å². The second kappa shape index (κ2) is 7.21. The normalized spacial score (nSPS) is 16.2. The third kappa shape index (κ3) is 3.19. The first-order valence-corrected chi connectivity index (χ1v) is 8.07. The summed E-state index contributed by atoms with van der Waals surface area (Å²) in [5, 5.41) is 10.7. The third-order valence-corrected chi connectivity index (χ3v) is 5.41.